The van der Waals surface area contributed by atoms with Crippen molar-refractivity contribution in [3.05, 3.63) is 24.3 Å². The fraction of sp³-hybridized carbons (Fsp3) is 0.417. The second-order valence-electron chi connectivity index (χ2n) is 3.89. The first-order valence-corrected chi connectivity index (χ1v) is 6.26. The van der Waals surface area contributed by atoms with Crippen LogP contribution in [0.4, 0.5) is 0 Å². The van der Waals surface area contributed by atoms with Crippen molar-refractivity contribution in [1.29, 1.82) is 0 Å². The minimum absolute atomic E-state index is 0.359. The number of primary amides is 1. The molecule has 4 nitrogen and oxygen atoms in total. The van der Waals surface area contributed by atoms with Crippen molar-refractivity contribution < 1.29 is 9.53 Å². The number of benzene rings is 1. The van der Waals surface area contributed by atoms with E-state index >= 15 is 0 Å². The zero-order valence-corrected chi connectivity index (χ0v) is 11.1. The normalized spacial score (nSPS) is 14.1. The molecule has 3 N–H and O–H groups in total. The number of thioether (sulfide) groups is 1. The number of amides is 1. The molecule has 1 aromatic carbocycles. The Hall–Kier alpha value is -1.20. The van der Waals surface area contributed by atoms with Gasteiger partial charge in [-0.3, -0.25) is 4.79 Å². The molecule has 1 aromatic rings. The highest BCUT2D eigenvalue weighted by Gasteiger charge is 2.29. The van der Waals surface area contributed by atoms with Gasteiger partial charge in [0.1, 0.15) is 11.3 Å². The molecule has 0 bridgehead atoms. The largest absolute Gasteiger partial charge is 0.496 e. The van der Waals surface area contributed by atoms with Crippen LogP contribution in [0.25, 0.3) is 0 Å². The third-order valence-electron chi connectivity index (χ3n) is 2.68. The van der Waals surface area contributed by atoms with Crippen LogP contribution in [0.3, 0.4) is 0 Å². The Morgan fingerprint density at radius 1 is 1.53 bits per heavy atom. The topological polar surface area (TPSA) is 64.3 Å². The van der Waals surface area contributed by atoms with Crippen LogP contribution >= 0.6 is 11.8 Å². The SMILES string of the molecule is CNC(C)(CSc1ccccc1OC)C(N)=O. The van der Waals surface area contributed by atoms with Crippen molar-refractivity contribution in [2.45, 2.75) is 17.4 Å². The first-order valence-electron chi connectivity index (χ1n) is 5.28. The molecule has 0 aliphatic carbocycles. The maximum atomic E-state index is 11.3. The van der Waals surface area contributed by atoms with E-state index in [-0.39, 0.29) is 5.91 Å². The van der Waals surface area contributed by atoms with Crippen molar-refractivity contribution >= 4 is 17.7 Å². The predicted molar refractivity (Wildman–Crippen MR) is 70.4 cm³/mol. The molecule has 0 aliphatic rings. The number of carbonyl (C=O) groups excluding carboxylic acids is 1. The number of carbonyl (C=O) groups is 1. The minimum Gasteiger partial charge on any atom is -0.496 e. The molecule has 0 aliphatic heterocycles. The van der Waals surface area contributed by atoms with E-state index in [0.717, 1.165) is 10.6 Å². The highest BCUT2D eigenvalue weighted by atomic mass is 32.2. The van der Waals surface area contributed by atoms with Gasteiger partial charge in [0.25, 0.3) is 0 Å². The minimum atomic E-state index is -0.717. The predicted octanol–water partition coefficient (Wildman–Crippen LogP) is 1.25. The second kappa shape index (κ2) is 5.93. The van der Waals surface area contributed by atoms with Crippen molar-refractivity contribution in [3.63, 3.8) is 0 Å². The number of para-hydroxylation sites is 1. The Bertz CT molecular complexity index is 398. The summed E-state index contributed by atoms with van der Waals surface area (Å²) in [4.78, 5) is 12.3. The number of methoxy groups -OCH3 is 1. The van der Waals surface area contributed by atoms with Crippen LogP contribution < -0.4 is 15.8 Å². The Kier molecular flexibility index (Phi) is 4.84. The van der Waals surface area contributed by atoms with Crippen molar-refractivity contribution in [2.24, 2.45) is 5.73 Å². The molecule has 0 radical (unpaired) electrons. The van der Waals surface area contributed by atoms with Gasteiger partial charge in [0, 0.05) is 10.6 Å². The number of rotatable bonds is 6. The van der Waals surface area contributed by atoms with E-state index in [9.17, 15) is 4.79 Å². The maximum Gasteiger partial charge on any atom is 0.238 e. The molecule has 0 fully saturated rings. The zero-order valence-electron chi connectivity index (χ0n) is 10.3. The Morgan fingerprint density at radius 2 is 2.18 bits per heavy atom. The van der Waals surface area contributed by atoms with Gasteiger partial charge in [-0.1, -0.05) is 12.1 Å². The Labute approximate surface area is 106 Å². The lowest BCUT2D eigenvalue weighted by Gasteiger charge is -2.25. The van der Waals surface area contributed by atoms with E-state index in [4.69, 9.17) is 10.5 Å². The molecule has 0 spiro atoms. The van der Waals surface area contributed by atoms with Crippen LogP contribution in [0, 0.1) is 0 Å². The molecule has 0 aromatic heterocycles. The smallest absolute Gasteiger partial charge is 0.238 e. The summed E-state index contributed by atoms with van der Waals surface area (Å²) in [7, 11) is 3.36. The van der Waals surface area contributed by atoms with E-state index in [0.29, 0.717) is 5.75 Å². The zero-order chi connectivity index (χ0) is 12.9. The maximum absolute atomic E-state index is 11.3. The summed E-state index contributed by atoms with van der Waals surface area (Å²) in [6, 6.07) is 7.70. The summed E-state index contributed by atoms with van der Waals surface area (Å²) < 4.78 is 5.25. The van der Waals surface area contributed by atoms with Crippen LogP contribution in [0.5, 0.6) is 5.75 Å². The third kappa shape index (κ3) is 3.38. The number of ether oxygens (including phenoxy) is 1. The molecule has 1 rings (SSSR count). The van der Waals surface area contributed by atoms with Crippen LogP contribution in [-0.2, 0) is 4.79 Å². The molecule has 0 saturated heterocycles. The third-order valence-corrected chi connectivity index (χ3v) is 4.05. The van der Waals surface area contributed by atoms with Gasteiger partial charge in [-0.15, -0.1) is 11.8 Å². The summed E-state index contributed by atoms with van der Waals surface area (Å²) in [5.74, 6) is 1.00. The lowest BCUT2D eigenvalue weighted by Crippen LogP contribution is -2.53. The van der Waals surface area contributed by atoms with Gasteiger partial charge in [0.05, 0.1) is 7.11 Å². The van der Waals surface area contributed by atoms with Crippen molar-refractivity contribution in [2.75, 3.05) is 19.9 Å². The van der Waals surface area contributed by atoms with E-state index in [1.807, 2.05) is 24.3 Å². The molecular formula is C12H18N2O2S. The standard InChI is InChI=1S/C12H18N2O2S/c1-12(14-2,11(13)15)8-17-10-7-5-4-6-9(10)16-3/h4-7,14H,8H2,1-3H3,(H2,13,15). The van der Waals surface area contributed by atoms with Crippen molar-refractivity contribution in [1.82, 2.24) is 5.32 Å². The van der Waals surface area contributed by atoms with E-state index in [2.05, 4.69) is 5.32 Å². The first-order chi connectivity index (χ1) is 8.03. The van der Waals surface area contributed by atoms with Crippen molar-refractivity contribution in [3.8, 4) is 5.75 Å². The van der Waals surface area contributed by atoms with Gasteiger partial charge in [-0.2, -0.15) is 0 Å². The average Bonchev–Trinajstić information content (AvgIpc) is 2.36. The van der Waals surface area contributed by atoms with Crippen LogP contribution in [0.1, 0.15) is 6.92 Å². The van der Waals surface area contributed by atoms with Crippen LogP contribution in [-0.4, -0.2) is 31.4 Å². The lowest BCUT2D eigenvalue weighted by molar-refractivity contribution is -0.122. The van der Waals surface area contributed by atoms with Gasteiger partial charge in [-0.05, 0) is 26.1 Å². The van der Waals surface area contributed by atoms with E-state index in [1.54, 1.807) is 32.8 Å². The summed E-state index contributed by atoms with van der Waals surface area (Å²) in [5, 5.41) is 2.95. The molecule has 1 atom stereocenters. The first kappa shape index (κ1) is 13.9. The molecule has 1 amide bonds. The fourth-order valence-electron chi connectivity index (χ4n) is 1.23. The van der Waals surface area contributed by atoms with Crippen LogP contribution in [0.2, 0.25) is 0 Å². The monoisotopic (exact) mass is 254 g/mol. The summed E-state index contributed by atoms with van der Waals surface area (Å²) in [6.45, 7) is 1.79. The Morgan fingerprint density at radius 3 is 2.71 bits per heavy atom. The van der Waals surface area contributed by atoms with Gasteiger partial charge in [0.2, 0.25) is 5.91 Å². The molecule has 94 valence electrons. The Balaban J connectivity index is 2.76. The molecular weight excluding hydrogens is 236 g/mol. The quantitative estimate of drug-likeness (QED) is 0.750. The highest BCUT2D eigenvalue weighted by molar-refractivity contribution is 7.99. The van der Waals surface area contributed by atoms with Crippen LogP contribution in [0.15, 0.2) is 29.2 Å². The summed E-state index contributed by atoms with van der Waals surface area (Å²) >= 11 is 1.54. The molecule has 0 saturated carbocycles. The number of hydrogen-bond acceptors (Lipinski definition) is 4. The summed E-state index contributed by atoms with van der Waals surface area (Å²) in [5.41, 5.74) is 4.65. The number of nitrogens with one attached hydrogen (secondary N) is 1. The van der Waals surface area contributed by atoms with Gasteiger partial charge >= 0.3 is 0 Å². The highest BCUT2D eigenvalue weighted by Crippen LogP contribution is 2.30. The number of hydrogen-bond donors (Lipinski definition) is 2. The van der Waals surface area contributed by atoms with Gasteiger partial charge < -0.3 is 15.8 Å². The molecule has 17 heavy (non-hydrogen) atoms. The average molecular weight is 254 g/mol. The van der Waals surface area contributed by atoms with Gasteiger partial charge in [-0.25, -0.2) is 0 Å². The molecule has 5 heteroatoms. The van der Waals surface area contributed by atoms with E-state index in [1.165, 1.54) is 0 Å². The second-order valence-corrected chi connectivity index (χ2v) is 4.90. The summed E-state index contributed by atoms with van der Waals surface area (Å²) in [6.07, 6.45) is 0. The lowest BCUT2D eigenvalue weighted by atomic mass is 10.1. The van der Waals surface area contributed by atoms with Gasteiger partial charge in [0.15, 0.2) is 0 Å². The molecule has 1 unspecified atom stereocenters. The number of nitrogens with two attached hydrogens (primary N) is 1. The molecule has 0 heterocycles. The van der Waals surface area contributed by atoms with E-state index < -0.39 is 5.54 Å². The fourth-order valence-corrected chi connectivity index (χ4v) is 2.43. The number of likely N-dealkylation sites (N-methyl/N-ethyl adjacent to an activating group) is 1.